The molecule has 0 spiro atoms. The number of aromatic amines is 1. The Morgan fingerprint density at radius 1 is 1.38 bits per heavy atom. The zero-order chi connectivity index (χ0) is 18.8. The standard InChI is InChI=1S/C16H9Cl2N5O2S/c1-7-10(5-19)13(24)21-14(25)11(7)6-20-16-23-22-15(26-16)9-3-2-8(17)4-12(9)18/h2-4,6H,1H3,(H2,21,24,25). The molecule has 2 N–H and O–H groups in total. The van der Waals surface area contributed by atoms with Crippen molar-refractivity contribution in [2.24, 2.45) is 4.99 Å². The molecule has 7 nitrogen and oxygen atoms in total. The molecule has 0 radical (unpaired) electrons. The highest BCUT2D eigenvalue weighted by Gasteiger charge is 2.13. The zero-order valence-electron chi connectivity index (χ0n) is 13.1. The summed E-state index contributed by atoms with van der Waals surface area (Å²) in [6, 6.07) is 6.83. The first-order valence-electron chi connectivity index (χ1n) is 7.09. The van der Waals surface area contributed by atoms with Crippen molar-refractivity contribution < 1.29 is 5.11 Å². The van der Waals surface area contributed by atoms with E-state index in [4.69, 9.17) is 28.5 Å². The average Bonchev–Trinajstić information content (AvgIpc) is 3.03. The number of nitrogens with one attached hydrogen (secondary N) is 1. The van der Waals surface area contributed by atoms with Crippen LogP contribution < -0.4 is 5.56 Å². The van der Waals surface area contributed by atoms with Crippen LogP contribution in [0, 0.1) is 18.3 Å². The third-order valence-corrected chi connectivity index (χ3v) is 4.90. The van der Waals surface area contributed by atoms with Gasteiger partial charge in [-0.05, 0) is 30.7 Å². The molecule has 0 aliphatic rings. The molecule has 0 bridgehead atoms. The fourth-order valence-corrected chi connectivity index (χ4v) is 3.46. The summed E-state index contributed by atoms with van der Waals surface area (Å²) in [7, 11) is 0. The van der Waals surface area contributed by atoms with E-state index in [0.717, 1.165) is 0 Å². The van der Waals surface area contributed by atoms with Crippen LogP contribution in [0.3, 0.4) is 0 Å². The lowest BCUT2D eigenvalue weighted by atomic mass is 10.1. The van der Waals surface area contributed by atoms with E-state index >= 15 is 0 Å². The minimum atomic E-state index is -0.657. The van der Waals surface area contributed by atoms with Gasteiger partial charge < -0.3 is 5.11 Å². The van der Waals surface area contributed by atoms with Gasteiger partial charge in [-0.3, -0.25) is 9.78 Å². The van der Waals surface area contributed by atoms with Crippen molar-refractivity contribution in [1.82, 2.24) is 15.2 Å². The highest BCUT2D eigenvalue weighted by atomic mass is 35.5. The molecule has 3 aromatic rings. The largest absolute Gasteiger partial charge is 0.494 e. The molecular formula is C16H9Cl2N5O2S. The van der Waals surface area contributed by atoms with Crippen molar-refractivity contribution in [3.63, 3.8) is 0 Å². The Morgan fingerprint density at radius 2 is 2.15 bits per heavy atom. The van der Waals surface area contributed by atoms with Crippen molar-refractivity contribution in [3.8, 4) is 22.5 Å². The van der Waals surface area contributed by atoms with Gasteiger partial charge in [0.2, 0.25) is 11.0 Å². The van der Waals surface area contributed by atoms with Crippen molar-refractivity contribution in [2.75, 3.05) is 0 Å². The lowest BCUT2D eigenvalue weighted by Gasteiger charge is -2.03. The van der Waals surface area contributed by atoms with Crippen LogP contribution in [0.1, 0.15) is 16.7 Å². The summed E-state index contributed by atoms with van der Waals surface area (Å²) >= 11 is 13.2. The second kappa shape index (κ2) is 7.25. The smallest absolute Gasteiger partial charge is 0.268 e. The van der Waals surface area contributed by atoms with Crippen molar-refractivity contribution >= 4 is 45.9 Å². The van der Waals surface area contributed by atoms with Gasteiger partial charge in [0.15, 0.2) is 5.01 Å². The van der Waals surface area contributed by atoms with Gasteiger partial charge in [-0.1, -0.05) is 34.5 Å². The van der Waals surface area contributed by atoms with Crippen LogP contribution in [0.4, 0.5) is 5.13 Å². The van der Waals surface area contributed by atoms with E-state index in [1.165, 1.54) is 17.6 Å². The fraction of sp³-hybridized carbons (Fsp3) is 0.0625. The van der Waals surface area contributed by atoms with Crippen LogP contribution in [0.25, 0.3) is 10.6 Å². The maximum absolute atomic E-state index is 11.6. The Labute approximate surface area is 161 Å². The second-order valence-corrected chi connectivity index (χ2v) is 6.90. The first kappa shape index (κ1) is 18.1. The van der Waals surface area contributed by atoms with E-state index < -0.39 is 5.56 Å². The van der Waals surface area contributed by atoms with E-state index in [2.05, 4.69) is 20.2 Å². The normalized spacial score (nSPS) is 11.0. The van der Waals surface area contributed by atoms with Crippen molar-refractivity contribution in [1.29, 1.82) is 5.26 Å². The average molecular weight is 406 g/mol. The summed E-state index contributed by atoms with van der Waals surface area (Å²) < 4.78 is 0. The minimum absolute atomic E-state index is 0.0878. The van der Waals surface area contributed by atoms with E-state index in [9.17, 15) is 9.90 Å². The van der Waals surface area contributed by atoms with E-state index in [-0.39, 0.29) is 17.0 Å². The predicted molar refractivity (Wildman–Crippen MR) is 101 cm³/mol. The molecule has 0 amide bonds. The van der Waals surface area contributed by atoms with E-state index in [1.807, 2.05) is 0 Å². The van der Waals surface area contributed by atoms with Gasteiger partial charge in [0.1, 0.15) is 11.6 Å². The molecule has 26 heavy (non-hydrogen) atoms. The maximum atomic E-state index is 11.6. The van der Waals surface area contributed by atoms with Crippen LogP contribution in [-0.4, -0.2) is 26.5 Å². The number of halogens is 2. The Balaban J connectivity index is 1.95. The Kier molecular flexibility index (Phi) is 5.04. The molecule has 0 aliphatic heterocycles. The van der Waals surface area contributed by atoms with Gasteiger partial charge in [0.25, 0.3) is 5.56 Å². The number of pyridine rings is 1. The van der Waals surface area contributed by atoms with Crippen molar-refractivity contribution in [3.05, 3.63) is 55.3 Å². The third kappa shape index (κ3) is 3.46. The minimum Gasteiger partial charge on any atom is -0.494 e. The van der Waals surface area contributed by atoms with Crippen LogP contribution >= 0.6 is 34.5 Å². The van der Waals surface area contributed by atoms with Gasteiger partial charge in [-0.15, -0.1) is 10.2 Å². The molecule has 0 aliphatic carbocycles. The van der Waals surface area contributed by atoms with E-state index in [1.54, 1.807) is 31.2 Å². The number of aromatic hydroxyl groups is 1. The summed E-state index contributed by atoms with van der Waals surface area (Å²) in [5.74, 6) is -0.374. The Bertz CT molecular complexity index is 1130. The number of hydrogen-bond acceptors (Lipinski definition) is 7. The van der Waals surface area contributed by atoms with Crippen LogP contribution in [-0.2, 0) is 0 Å². The Morgan fingerprint density at radius 3 is 2.85 bits per heavy atom. The quantitative estimate of drug-likeness (QED) is 0.642. The van der Waals surface area contributed by atoms with Gasteiger partial charge in [0.05, 0.1) is 10.6 Å². The van der Waals surface area contributed by atoms with E-state index in [0.29, 0.717) is 31.3 Å². The maximum Gasteiger partial charge on any atom is 0.268 e. The summed E-state index contributed by atoms with van der Waals surface area (Å²) in [5, 5.41) is 28.7. The first-order valence-corrected chi connectivity index (χ1v) is 8.67. The number of benzene rings is 1. The lowest BCUT2D eigenvalue weighted by molar-refractivity contribution is 0.450. The molecule has 2 heterocycles. The Hall–Kier alpha value is -2.73. The SMILES string of the molecule is Cc1c(C=Nc2nnc(-c3ccc(Cl)cc3Cl)s2)c(O)[nH]c(=O)c1C#N. The number of rotatable bonds is 3. The highest BCUT2D eigenvalue weighted by Crippen LogP contribution is 2.34. The molecule has 0 saturated carbocycles. The molecular weight excluding hydrogens is 397 g/mol. The van der Waals surface area contributed by atoms with Gasteiger partial charge in [0, 0.05) is 16.8 Å². The van der Waals surface area contributed by atoms with Gasteiger partial charge >= 0.3 is 0 Å². The number of nitriles is 1. The number of hydrogen-bond donors (Lipinski definition) is 2. The van der Waals surface area contributed by atoms with Crippen LogP contribution in [0.2, 0.25) is 10.0 Å². The molecule has 1 aromatic carbocycles. The molecule has 3 rings (SSSR count). The number of aliphatic imine (C=N–C) groups is 1. The molecule has 10 heteroatoms. The van der Waals surface area contributed by atoms with Gasteiger partial charge in [-0.25, -0.2) is 4.99 Å². The fourth-order valence-electron chi connectivity index (χ4n) is 2.17. The molecule has 0 unspecified atom stereocenters. The summed E-state index contributed by atoms with van der Waals surface area (Å²) in [5.41, 5.74) is 0.473. The summed E-state index contributed by atoms with van der Waals surface area (Å²) in [4.78, 5) is 18.0. The molecule has 2 aromatic heterocycles. The van der Waals surface area contributed by atoms with Crippen LogP contribution in [0.5, 0.6) is 5.88 Å². The van der Waals surface area contributed by atoms with Gasteiger partial charge in [-0.2, -0.15) is 5.26 Å². The predicted octanol–water partition coefficient (Wildman–Crippen LogP) is 3.84. The number of H-pyrrole nitrogens is 1. The zero-order valence-corrected chi connectivity index (χ0v) is 15.4. The number of nitrogens with zero attached hydrogens (tertiary/aromatic N) is 4. The topological polar surface area (TPSA) is 115 Å². The molecule has 0 fully saturated rings. The number of aromatic nitrogens is 3. The highest BCUT2D eigenvalue weighted by molar-refractivity contribution is 7.18. The third-order valence-electron chi connectivity index (χ3n) is 3.48. The second-order valence-electron chi connectivity index (χ2n) is 5.10. The lowest BCUT2D eigenvalue weighted by Crippen LogP contribution is -2.14. The first-order chi connectivity index (χ1) is 12.4. The summed E-state index contributed by atoms with van der Waals surface area (Å²) in [6.45, 7) is 1.55. The molecule has 0 saturated heterocycles. The van der Waals surface area contributed by atoms with Crippen molar-refractivity contribution in [2.45, 2.75) is 6.92 Å². The molecule has 130 valence electrons. The summed E-state index contributed by atoms with van der Waals surface area (Å²) in [6.07, 6.45) is 1.31. The monoisotopic (exact) mass is 405 g/mol. The molecule has 0 atom stereocenters. The van der Waals surface area contributed by atoms with Crippen LogP contribution in [0.15, 0.2) is 28.0 Å².